The Bertz CT molecular complexity index is 624. The number of likely N-dealkylation sites (tertiary alicyclic amines) is 1. The van der Waals surface area contributed by atoms with Gasteiger partial charge >= 0.3 is 0 Å². The molecule has 2 heterocycles. The van der Waals surface area contributed by atoms with E-state index < -0.39 is 0 Å². The van der Waals surface area contributed by atoms with E-state index in [1.54, 1.807) is 0 Å². The second-order valence-electron chi connectivity index (χ2n) is 6.28. The van der Waals surface area contributed by atoms with Crippen LogP contribution in [0.1, 0.15) is 19.3 Å². The number of fused-ring (bicyclic) bond motifs is 2. The number of para-hydroxylation sites is 2. The van der Waals surface area contributed by atoms with E-state index in [-0.39, 0.29) is 0 Å². The Balaban J connectivity index is 1.71. The molecule has 0 aliphatic carbocycles. The van der Waals surface area contributed by atoms with Gasteiger partial charge in [0.25, 0.3) is 0 Å². The summed E-state index contributed by atoms with van der Waals surface area (Å²) in [4.78, 5) is 7.82. The molecule has 22 heavy (non-hydrogen) atoms. The van der Waals surface area contributed by atoms with E-state index in [0.717, 1.165) is 6.54 Å². The largest absolute Gasteiger partial charge is 0.338 e. The highest BCUT2D eigenvalue weighted by atomic mass is 32.2. The van der Waals surface area contributed by atoms with Crippen LogP contribution >= 0.6 is 11.8 Å². The molecule has 0 bridgehead atoms. The van der Waals surface area contributed by atoms with E-state index >= 15 is 0 Å². The molecule has 0 amide bonds. The molecule has 2 aliphatic rings. The Morgan fingerprint density at radius 2 is 1.59 bits per heavy atom. The molecule has 0 saturated carbocycles. The third kappa shape index (κ3) is 2.53. The first-order valence-corrected chi connectivity index (χ1v) is 8.98. The summed E-state index contributed by atoms with van der Waals surface area (Å²) in [6.07, 6.45) is 4.02. The highest BCUT2D eigenvalue weighted by molar-refractivity contribution is 7.99. The molecule has 4 rings (SSSR count). The molecule has 1 fully saturated rings. The summed E-state index contributed by atoms with van der Waals surface area (Å²) in [5.74, 6) is 0. The summed E-state index contributed by atoms with van der Waals surface area (Å²) < 4.78 is 0. The van der Waals surface area contributed by atoms with Crippen LogP contribution < -0.4 is 4.90 Å². The van der Waals surface area contributed by atoms with Gasteiger partial charge in [-0.25, -0.2) is 0 Å². The lowest BCUT2D eigenvalue weighted by Gasteiger charge is -2.39. The van der Waals surface area contributed by atoms with Crippen LogP contribution in [0.15, 0.2) is 58.3 Å². The van der Waals surface area contributed by atoms with Crippen molar-refractivity contribution in [3.05, 3.63) is 48.5 Å². The van der Waals surface area contributed by atoms with Crippen molar-refractivity contribution >= 4 is 23.1 Å². The van der Waals surface area contributed by atoms with Crippen molar-refractivity contribution in [3.8, 4) is 0 Å². The Labute approximate surface area is 137 Å². The fraction of sp³-hybridized carbons (Fsp3) is 0.368. The third-order valence-corrected chi connectivity index (χ3v) is 5.98. The predicted molar refractivity (Wildman–Crippen MR) is 94.3 cm³/mol. The average molecular weight is 310 g/mol. The summed E-state index contributed by atoms with van der Waals surface area (Å²) in [5, 5.41) is 0. The number of piperidine rings is 1. The number of benzene rings is 2. The Morgan fingerprint density at radius 3 is 2.23 bits per heavy atom. The van der Waals surface area contributed by atoms with Gasteiger partial charge in [0, 0.05) is 22.4 Å². The van der Waals surface area contributed by atoms with Crippen molar-refractivity contribution in [2.45, 2.75) is 35.1 Å². The van der Waals surface area contributed by atoms with Gasteiger partial charge in [-0.1, -0.05) is 42.4 Å². The van der Waals surface area contributed by atoms with Crippen molar-refractivity contribution < 1.29 is 0 Å². The summed E-state index contributed by atoms with van der Waals surface area (Å²) in [5.41, 5.74) is 2.73. The first-order valence-electron chi connectivity index (χ1n) is 8.16. The zero-order valence-electron chi connectivity index (χ0n) is 13.0. The maximum atomic E-state index is 2.54. The van der Waals surface area contributed by atoms with Gasteiger partial charge in [-0.05, 0) is 50.7 Å². The van der Waals surface area contributed by atoms with Gasteiger partial charge in [-0.3, -0.25) is 0 Å². The fourth-order valence-corrected chi connectivity index (χ4v) is 4.66. The van der Waals surface area contributed by atoms with Gasteiger partial charge in [-0.2, -0.15) is 0 Å². The third-order valence-electron chi connectivity index (χ3n) is 4.85. The van der Waals surface area contributed by atoms with Gasteiger partial charge in [-0.15, -0.1) is 0 Å². The lowest BCUT2D eigenvalue weighted by Crippen LogP contribution is -2.44. The van der Waals surface area contributed by atoms with Crippen molar-refractivity contribution in [2.75, 3.05) is 25.0 Å². The quantitative estimate of drug-likeness (QED) is 0.788. The van der Waals surface area contributed by atoms with Gasteiger partial charge in [0.2, 0.25) is 0 Å². The molecule has 1 atom stereocenters. The van der Waals surface area contributed by atoms with Crippen LogP contribution in [0.4, 0.5) is 11.4 Å². The Morgan fingerprint density at radius 1 is 0.955 bits per heavy atom. The van der Waals surface area contributed by atoms with Crippen molar-refractivity contribution in [1.82, 2.24) is 4.90 Å². The average Bonchev–Trinajstić information content (AvgIpc) is 2.56. The van der Waals surface area contributed by atoms with Crippen LogP contribution in [0.3, 0.4) is 0 Å². The topological polar surface area (TPSA) is 6.48 Å². The number of hydrogen-bond donors (Lipinski definition) is 0. The standard InChI is InChI=1S/C19H22N2S/c1-20-13-7-6-8-15(20)14-21-16-9-2-4-11-18(16)22-19-12-5-3-10-17(19)21/h2-5,9-12,15H,6-8,13-14H2,1H3. The summed E-state index contributed by atoms with van der Waals surface area (Å²) in [7, 11) is 2.28. The minimum atomic E-state index is 0.651. The van der Waals surface area contributed by atoms with E-state index in [2.05, 4.69) is 65.4 Å². The van der Waals surface area contributed by atoms with E-state index in [9.17, 15) is 0 Å². The predicted octanol–water partition coefficient (Wildman–Crippen LogP) is 4.77. The van der Waals surface area contributed by atoms with Gasteiger partial charge < -0.3 is 9.80 Å². The minimum Gasteiger partial charge on any atom is -0.338 e. The van der Waals surface area contributed by atoms with Crippen molar-refractivity contribution in [3.63, 3.8) is 0 Å². The summed E-state index contributed by atoms with van der Waals surface area (Å²) in [6, 6.07) is 18.3. The van der Waals surface area contributed by atoms with Gasteiger partial charge in [0.15, 0.2) is 0 Å². The van der Waals surface area contributed by atoms with E-state index in [0.29, 0.717) is 6.04 Å². The molecule has 0 N–H and O–H groups in total. The molecule has 2 nitrogen and oxygen atoms in total. The summed E-state index contributed by atoms with van der Waals surface area (Å²) >= 11 is 1.89. The van der Waals surface area contributed by atoms with Crippen LogP contribution in [-0.4, -0.2) is 31.1 Å². The number of nitrogens with zero attached hydrogens (tertiary/aromatic N) is 2. The number of anilines is 2. The number of likely N-dealkylation sites (N-methyl/N-ethyl adjacent to an activating group) is 1. The molecule has 2 aliphatic heterocycles. The van der Waals surface area contributed by atoms with Crippen LogP contribution in [0, 0.1) is 0 Å². The maximum Gasteiger partial charge on any atom is 0.0553 e. The molecular weight excluding hydrogens is 288 g/mol. The number of hydrogen-bond acceptors (Lipinski definition) is 3. The lowest BCUT2D eigenvalue weighted by atomic mass is 10.0. The van der Waals surface area contributed by atoms with E-state index in [4.69, 9.17) is 0 Å². The smallest absolute Gasteiger partial charge is 0.0553 e. The van der Waals surface area contributed by atoms with E-state index in [1.165, 1.54) is 47.0 Å². The zero-order chi connectivity index (χ0) is 14.9. The van der Waals surface area contributed by atoms with Gasteiger partial charge in [0.05, 0.1) is 11.4 Å². The van der Waals surface area contributed by atoms with Crippen LogP contribution in [-0.2, 0) is 0 Å². The molecule has 0 radical (unpaired) electrons. The van der Waals surface area contributed by atoms with Crippen LogP contribution in [0.25, 0.3) is 0 Å². The monoisotopic (exact) mass is 310 g/mol. The Kier molecular flexibility index (Phi) is 3.85. The molecule has 0 aromatic heterocycles. The molecule has 114 valence electrons. The fourth-order valence-electron chi connectivity index (χ4n) is 3.56. The first kappa shape index (κ1) is 14.2. The highest BCUT2D eigenvalue weighted by Gasteiger charge is 2.27. The molecule has 2 aromatic carbocycles. The SMILES string of the molecule is CN1CCCCC1CN1c2ccccc2Sc2ccccc21. The zero-order valence-corrected chi connectivity index (χ0v) is 13.9. The molecule has 0 spiro atoms. The second kappa shape index (κ2) is 5.98. The minimum absolute atomic E-state index is 0.651. The molecular formula is C19H22N2S. The number of rotatable bonds is 2. The molecule has 1 saturated heterocycles. The molecule has 1 unspecified atom stereocenters. The van der Waals surface area contributed by atoms with Crippen molar-refractivity contribution in [1.29, 1.82) is 0 Å². The van der Waals surface area contributed by atoms with Gasteiger partial charge in [0.1, 0.15) is 0 Å². The first-order chi connectivity index (χ1) is 10.8. The van der Waals surface area contributed by atoms with Crippen LogP contribution in [0.5, 0.6) is 0 Å². The Hall–Kier alpha value is -1.45. The normalized spacial score (nSPS) is 21.3. The highest BCUT2D eigenvalue weighted by Crippen LogP contribution is 2.48. The maximum absolute atomic E-state index is 2.54. The van der Waals surface area contributed by atoms with E-state index in [1.807, 2.05) is 11.8 Å². The molecule has 3 heteroatoms. The lowest BCUT2D eigenvalue weighted by molar-refractivity contribution is 0.190. The molecule has 2 aromatic rings. The summed E-state index contributed by atoms with van der Waals surface area (Å²) in [6.45, 7) is 2.32. The van der Waals surface area contributed by atoms with Crippen LogP contribution in [0.2, 0.25) is 0 Å². The van der Waals surface area contributed by atoms with Crippen molar-refractivity contribution in [2.24, 2.45) is 0 Å². The second-order valence-corrected chi connectivity index (χ2v) is 7.36.